The van der Waals surface area contributed by atoms with E-state index >= 15 is 0 Å². The molecule has 0 saturated carbocycles. The molecular formula is C20H15ClN4O3. The van der Waals surface area contributed by atoms with Crippen LogP contribution in [0.1, 0.15) is 16.7 Å². The van der Waals surface area contributed by atoms with Crippen LogP contribution in [0.5, 0.6) is 11.5 Å². The van der Waals surface area contributed by atoms with Gasteiger partial charge >= 0.3 is 5.69 Å². The maximum atomic E-state index is 11.4. The van der Waals surface area contributed by atoms with Gasteiger partial charge in [0.2, 0.25) is 5.75 Å². The minimum atomic E-state index is -0.547. The zero-order valence-corrected chi connectivity index (χ0v) is 15.8. The number of aryl methyl sites for hydroxylation is 2. The Morgan fingerprint density at radius 2 is 1.82 bits per heavy atom. The molecule has 0 unspecified atom stereocenters. The minimum Gasteiger partial charge on any atom is -0.449 e. The first-order valence-electron chi connectivity index (χ1n) is 8.23. The molecule has 1 heterocycles. The Kier molecular flexibility index (Phi) is 5.43. The van der Waals surface area contributed by atoms with Gasteiger partial charge in [-0.25, -0.2) is 4.98 Å². The van der Waals surface area contributed by atoms with Crippen molar-refractivity contribution in [3.63, 3.8) is 0 Å². The molecule has 0 bridgehead atoms. The highest BCUT2D eigenvalue weighted by Gasteiger charge is 2.19. The number of benzene rings is 2. The van der Waals surface area contributed by atoms with Gasteiger partial charge in [0.15, 0.2) is 0 Å². The highest BCUT2D eigenvalue weighted by atomic mass is 35.5. The molecule has 1 N–H and O–H groups in total. The summed E-state index contributed by atoms with van der Waals surface area (Å²) in [7, 11) is 0. The summed E-state index contributed by atoms with van der Waals surface area (Å²) in [5.74, 6) is 0.933. The van der Waals surface area contributed by atoms with E-state index in [0.717, 1.165) is 17.3 Å². The number of nitro groups is 1. The molecule has 1 aromatic heterocycles. The molecule has 2 aromatic carbocycles. The van der Waals surface area contributed by atoms with Gasteiger partial charge in [-0.3, -0.25) is 10.1 Å². The van der Waals surface area contributed by atoms with Crippen LogP contribution in [-0.2, 0) is 0 Å². The van der Waals surface area contributed by atoms with E-state index in [9.17, 15) is 10.1 Å². The predicted molar refractivity (Wildman–Crippen MR) is 106 cm³/mol. The molecule has 0 aliphatic carbocycles. The van der Waals surface area contributed by atoms with Crippen LogP contribution in [0.4, 0.5) is 17.2 Å². The molecule has 140 valence electrons. The van der Waals surface area contributed by atoms with Crippen molar-refractivity contribution in [2.24, 2.45) is 0 Å². The third kappa shape index (κ3) is 4.19. The van der Waals surface area contributed by atoms with Crippen molar-refractivity contribution in [3.8, 4) is 17.6 Å². The molecule has 3 aromatic rings. The lowest BCUT2D eigenvalue weighted by Gasteiger charge is -2.13. The van der Waals surface area contributed by atoms with E-state index < -0.39 is 4.92 Å². The zero-order chi connectivity index (χ0) is 20.3. The first kappa shape index (κ1) is 19.1. The summed E-state index contributed by atoms with van der Waals surface area (Å²) in [5.41, 5.74) is 2.49. The number of nitrogens with zero attached hydrogens (tertiary/aromatic N) is 3. The normalized spacial score (nSPS) is 10.2. The van der Waals surface area contributed by atoms with Crippen LogP contribution < -0.4 is 10.1 Å². The van der Waals surface area contributed by atoms with E-state index in [1.54, 1.807) is 36.4 Å². The number of halogens is 1. The highest BCUT2D eigenvalue weighted by Crippen LogP contribution is 2.37. The Hall–Kier alpha value is -3.63. The second-order valence-electron chi connectivity index (χ2n) is 6.08. The van der Waals surface area contributed by atoms with Gasteiger partial charge in [0.25, 0.3) is 0 Å². The molecule has 8 heteroatoms. The molecular weight excluding hydrogens is 380 g/mol. The molecule has 7 nitrogen and oxygen atoms in total. The van der Waals surface area contributed by atoms with Gasteiger partial charge < -0.3 is 10.1 Å². The highest BCUT2D eigenvalue weighted by molar-refractivity contribution is 6.30. The lowest BCUT2D eigenvalue weighted by molar-refractivity contribution is -0.385. The lowest BCUT2D eigenvalue weighted by atomic mass is 10.1. The summed E-state index contributed by atoms with van der Waals surface area (Å²) in [6.45, 7) is 3.63. The Labute approximate surface area is 166 Å². The first-order valence-corrected chi connectivity index (χ1v) is 8.61. The van der Waals surface area contributed by atoms with Crippen molar-refractivity contribution in [2.45, 2.75) is 13.8 Å². The van der Waals surface area contributed by atoms with Crippen molar-refractivity contribution in [3.05, 3.63) is 80.5 Å². The molecule has 28 heavy (non-hydrogen) atoms. The molecule has 0 radical (unpaired) electrons. The van der Waals surface area contributed by atoms with Crippen LogP contribution in [0.15, 0.2) is 48.7 Å². The number of hydrogen-bond acceptors (Lipinski definition) is 6. The van der Waals surface area contributed by atoms with Crippen LogP contribution in [0, 0.1) is 35.3 Å². The van der Waals surface area contributed by atoms with Crippen LogP contribution in [0.25, 0.3) is 0 Å². The maximum absolute atomic E-state index is 11.4. The number of rotatable bonds is 5. The Morgan fingerprint density at radius 1 is 1.18 bits per heavy atom. The topological polar surface area (TPSA) is 101 Å². The maximum Gasteiger partial charge on any atom is 0.329 e. The Bertz CT molecular complexity index is 1070. The smallest absolute Gasteiger partial charge is 0.329 e. The number of pyridine rings is 1. The first-order chi connectivity index (χ1) is 13.4. The number of aromatic nitrogens is 1. The van der Waals surface area contributed by atoms with Gasteiger partial charge in [-0.05, 0) is 61.4 Å². The average molecular weight is 395 g/mol. The van der Waals surface area contributed by atoms with Crippen molar-refractivity contribution >= 4 is 28.8 Å². The minimum absolute atomic E-state index is 0.0599. The van der Waals surface area contributed by atoms with Crippen molar-refractivity contribution in [1.82, 2.24) is 4.98 Å². The fourth-order valence-corrected chi connectivity index (χ4v) is 2.99. The fourth-order valence-electron chi connectivity index (χ4n) is 2.66. The SMILES string of the molecule is Cc1cc(Cl)cc(C)c1Oc1cc(Nc2ccc(C#N)cc2)ncc1[N+](=O)[O-]. The summed E-state index contributed by atoms with van der Waals surface area (Å²) in [4.78, 5) is 14.9. The molecule has 0 aliphatic rings. The lowest BCUT2D eigenvalue weighted by Crippen LogP contribution is -2.00. The number of anilines is 2. The summed E-state index contributed by atoms with van der Waals surface area (Å²) in [6.07, 6.45) is 1.14. The molecule has 3 rings (SSSR count). The summed E-state index contributed by atoms with van der Waals surface area (Å²) in [6, 6.07) is 13.7. The van der Waals surface area contributed by atoms with Crippen molar-refractivity contribution < 1.29 is 9.66 Å². The quantitative estimate of drug-likeness (QED) is 0.442. The van der Waals surface area contributed by atoms with Crippen LogP contribution in [0.2, 0.25) is 5.02 Å². The number of ether oxygens (including phenoxy) is 1. The molecule has 0 atom stereocenters. The van der Waals surface area contributed by atoms with E-state index in [4.69, 9.17) is 21.6 Å². The second-order valence-corrected chi connectivity index (χ2v) is 6.52. The van der Waals surface area contributed by atoms with E-state index in [0.29, 0.717) is 27.8 Å². The van der Waals surface area contributed by atoms with Crippen LogP contribution in [-0.4, -0.2) is 9.91 Å². The molecule has 0 saturated heterocycles. The monoisotopic (exact) mass is 394 g/mol. The summed E-state index contributed by atoms with van der Waals surface area (Å²) in [5, 5.41) is 23.9. The Morgan fingerprint density at radius 3 is 2.39 bits per heavy atom. The van der Waals surface area contributed by atoms with E-state index in [1.165, 1.54) is 6.07 Å². The summed E-state index contributed by atoms with van der Waals surface area (Å²) >= 11 is 6.04. The van der Waals surface area contributed by atoms with E-state index in [-0.39, 0.29) is 11.4 Å². The number of hydrogen-bond donors (Lipinski definition) is 1. The largest absolute Gasteiger partial charge is 0.449 e. The van der Waals surface area contributed by atoms with Crippen molar-refractivity contribution in [2.75, 3.05) is 5.32 Å². The van der Waals surface area contributed by atoms with Gasteiger partial charge in [-0.15, -0.1) is 0 Å². The van der Waals surface area contributed by atoms with Gasteiger partial charge in [-0.2, -0.15) is 5.26 Å². The molecule has 0 aliphatic heterocycles. The van der Waals surface area contributed by atoms with Crippen LogP contribution >= 0.6 is 11.6 Å². The van der Waals surface area contributed by atoms with Crippen molar-refractivity contribution in [1.29, 1.82) is 5.26 Å². The summed E-state index contributed by atoms with van der Waals surface area (Å²) < 4.78 is 5.88. The third-order valence-electron chi connectivity index (χ3n) is 3.97. The molecule has 0 amide bonds. The number of nitriles is 1. The second kappa shape index (κ2) is 7.94. The van der Waals surface area contributed by atoms with Crippen LogP contribution in [0.3, 0.4) is 0 Å². The van der Waals surface area contributed by atoms with Gasteiger partial charge in [0.05, 0.1) is 16.6 Å². The van der Waals surface area contributed by atoms with Gasteiger partial charge in [-0.1, -0.05) is 11.6 Å². The Balaban J connectivity index is 1.96. The predicted octanol–water partition coefficient (Wildman–Crippen LogP) is 5.67. The standard InChI is InChI=1S/C20H15ClN4O3/c1-12-7-15(21)8-13(2)20(12)28-18-9-19(23-11-17(18)25(26)27)24-16-5-3-14(10-22)4-6-16/h3-9,11H,1-2H3,(H,23,24). The molecule has 0 spiro atoms. The van der Waals surface area contributed by atoms with E-state index in [2.05, 4.69) is 10.3 Å². The van der Waals surface area contributed by atoms with Gasteiger partial charge in [0.1, 0.15) is 17.8 Å². The zero-order valence-electron chi connectivity index (χ0n) is 15.1. The third-order valence-corrected chi connectivity index (χ3v) is 4.18. The average Bonchev–Trinajstić information content (AvgIpc) is 2.65. The molecule has 0 fully saturated rings. The number of nitrogens with one attached hydrogen (secondary N) is 1. The van der Waals surface area contributed by atoms with Gasteiger partial charge in [0, 0.05) is 16.8 Å². The fraction of sp³-hybridized carbons (Fsp3) is 0.100. The van der Waals surface area contributed by atoms with E-state index in [1.807, 2.05) is 19.9 Å².